The molecule has 13 heavy (non-hydrogen) atoms. The molecule has 2 rings (SSSR count). The zero-order valence-corrected chi connectivity index (χ0v) is 9.26. The first-order chi connectivity index (χ1) is 6.27. The van der Waals surface area contributed by atoms with Crippen LogP contribution >= 0.6 is 15.9 Å². The summed E-state index contributed by atoms with van der Waals surface area (Å²) in [6.07, 6.45) is 5.76. The van der Waals surface area contributed by atoms with E-state index in [1.165, 1.54) is 24.8 Å². The lowest BCUT2D eigenvalue weighted by Crippen LogP contribution is -2.27. The molecule has 1 heterocycles. The topological polar surface area (TPSA) is 24.9 Å². The highest BCUT2D eigenvalue weighted by Crippen LogP contribution is 2.28. The van der Waals surface area contributed by atoms with Gasteiger partial charge in [0.2, 0.25) is 0 Å². The van der Waals surface area contributed by atoms with E-state index < -0.39 is 0 Å². The maximum absolute atomic E-state index is 4.30. The number of nitrogens with zero attached hydrogens (tertiary/aromatic N) is 1. The van der Waals surface area contributed by atoms with Crippen molar-refractivity contribution in [3.05, 3.63) is 22.3 Å². The van der Waals surface area contributed by atoms with Crippen molar-refractivity contribution < 1.29 is 0 Å². The zero-order valence-electron chi connectivity index (χ0n) is 7.68. The summed E-state index contributed by atoms with van der Waals surface area (Å²) in [6, 6.07) is 2.65. The van der Waals surface area contributed by atoms with Crippen LogP contribution in [0.1, 0.15) is 24.8 Å². The summed E-state index contributed by atoms with van der Waals surface area (Å²) >= 11 is 3.54. The summed E-state index contributed by atoms with van der Waals surface area (Å²) in [5.74, 6) is 0.990. The lowest BCUT2D eigenvalue weighted by Gasteiger charge is -2.27. The molecule has 1 aliphatic carbocycles. The lowest BCUT2D eigenvalue weighted by atomic mass is 9.93. The van der Waals surface area contributed by atoms with Gasteiger partial charge >= 0.3 is 0 Å². The largest absolute Gasteiger partial charge is 0.366 e. The number of hydrogen-bond donors (Lipinski definition) is 1. The van der Waals surface area contributed by atoms with Crippen LogP contribution in [0.15, 0.2) is 16.7 Å². The van der Waals surface area contributed by atoms with Crippen molar-refractivity contribution in [1.29, 1.82) is 0 Å². The van der Waals surface area contributed by atoms with Gasteiger partial charge in [-0.3, -0.25) is 0 Å². The van der Waals surface area contributed by atoms with Crippen LogP contribution in [0.4, 0.5) is 5.82 Å². The van der Waals surface area contributed by atoms with Gasteiger partial charge < -0.3 is 5.32 Å². The summed E-state index contributed by atoms with van der Waals surface area (Å²) in [5.41, 5.74) is 1.23. The summed E-state index contributed by atoms with van der Waals surface area (Å²) in [4.78, 5) is 4.30. The van der Waals surface area contributed by atoms with E-state index in [-0.39, 0.29) is 0 Å². The highest BCUT2D eigenvalue weighted by molar-refractivity contribution is 9.10. The van der Waals surface area contributed by atoms with Gasteiger partial charge in [0.1, 0.15) is 5.82 Å². The van der Waals surface area contributed by atoms with Gasteiger partial charge in [-0.15, -0.1) is 0 Å². The molecule has 1 aliphatic rings. The van der Waals surface area contributed by atoms with E-state index in [4.69, 9.17) is 0 Å². The van der Waals surface area contributed by atoms with E-state index in [9.17, 15) is 0 Å². The molecule has 0 bridgehead atoms. The summed E-state index contributed by atoms with van der Waals surface area (Å²) in [6.45, 7) is 2.08. The average Bonchev–Trinajstić information content (AvgIpc) is 2.04. The van der Waals surface area contributed by atoms with Crippen LogP contribution in [-0.4, -0.2) is 11.0 Å². The third kappa shape index (κ3) is 1.85. The second-order valence-electron chi connectivity index (χ2n) is 3.56. The lowest BCUT2D eigenvalue weighted by molar-refractivity contribution is 0.444. The van der Waals surface area contributed by atoms with Crippen LogP contribution < -0.4 is 5.32 Å². The minimum absolute atomic E-state index is 0.644. The number of hydrogen-bond acceptors (Lipinski definition) is 2. The molecule has 0 aromatic carbocycles. The van der Waals surface area contributed by atoms with E-state index in [1.807, 2.05) is 12.3 Å². The molecule has 0 radical (unpaired) electrons. The number of pyridine rings is 1. The van der Waals surface area contributed by atoms with Gasteiger partial charge in [-0.25, -0.2) is 4.98 Å². The first-order valence-electron chi connectivity index (χ1n) is 4.65. The second-order valence-corrected chi connectivity index (χ2v) is 4.36. The van der Waals surface area contributed by atoms with Gasteiger partial charge in [0.25, 0.3) is 0 Å². The van der Waals surface area contributed by atoms with E-state index in [0.717, 1.165) is 10.3 Å². The van der Waals surface area contributed by atoms with Gasteiger partial charge in [-0.2, -0.15) is 0 Å². The maximum atomic E-state index is 4.30. The Bertz CT molecular complexity index is 308. The van der Waals surface area contributed by atoms with Crippen LogP contribution in [-0.2, 0) is 0 Å². The molecule has 0 amide bonds. The van der Waals surface area contributed by atoms with Gasteiger partial charge in [-0.05, 0) is 53.7 Å². The Morgan fingerprint density at radius 1 is 1.54 bits per heavy atom. The molecule has 0 atom stereocenters. The van der Waals surface area contributed by atoms with Crippen LogP contribution in [0.2, 0.25) is 0 Å². The minimum Gasteiger partial charge on any atom is -0.366 e. The van der Waals surface area contributed by atoms with E-state index in [2.05, 4.69) is 33.2 Å². The molecule has 0 unspecified atom stereocenters. The van der Waals surface area contributed by atoms with Crippen LogP contribution in [0, 0.1) is 6.92 Å². The Hall–Kier alpha value is -0.570. The number of aryl methyl sites for hydroxylation is 1. The maximum Gasteiger partial charge on any atom is 0.140 e. The standard InChI is InChI=1S/C10H13BrN2/c1-7-5-6-12-10(9(7)11)13-8-3-2-4-8/h5-6,8H,2-4H2,1H3,(H,12,13). The van der Waals surface area contributed by atoms with Crippen molar-refractivity contribution >= 4 is 21.7 Å². The fourth-order valence-electron chi connectivity index (χ4n) is 1.39. The fourth-order valence-corrected chi connectivity index (χ4v) is 1.74. The van der Waals surface area contributed by atoms with Crippen molar-refractivity contribution in [2.75, 3.05) is 5.32 Å². The van der Waals surface area contributed by atoms with Gasteiger partial charge in [0.05, 0.1) is 4.47 Å². The first kappa shape index (κ1) is 9.00. The molecule has 70 valence electrons. The third-order valence-electron chi connectivity index (χ3n) is 2.53. The number of anilines is 1. The summed E-state index contributed by atoms with van der Waals surface area (Å²) in [7, 11) is 0. The molecule has 2 nitrogen and oxygen atoms in total. The van der Waals surface area contributed by atoms with Gasteiger partial charge in [-0.1, -0.05) is 0 Å². The number of aromatic nitrogens is 1. The van der Waals surface area contributed by atoms with Crippen LogP contribution in [0.25, 0.3) is 0 Å². The highest BCUT2D eigenvalue weighted by atomic mass is 79.9. The molecule has 0 aliphatic heterocycles. The van der Waals surface area contributed by atoms with Crippen LogP contribution in [0.3, 0.4) is 0 Å². The monoisotopic (exact) mass is 240 g/mol. The van der Waals surface area contributed by atoms with Crippen molar-refractivity contribution in [3.63, 3.8) is 0 Å². The fraction of sp³-hybridized carbons (Fsp3) is 0.500. The molecule has 1 saturated carbocycles. The molecular weight excluding hydrogens is 228 g/mol. The Kier molecular flexibility index (Phi) is 2.54. The third-order valence-corrected chi connectivity index (χ3v) is 3.53. The minimum atomic E-state index is 0.644. The SMILES string of the molecule is Cc1ccnc(NC2CCC2)c1Br. The number of nitrogens with one attached hydrogen (secondary N) is 1. The Balaban J connectivity index is 2.14. The number of rotatable bonds is 2. The second kappa shape index (κ2) is 3.66. The van der Waals surface area contributed by atoms with Gasteiger partial charge in [0.15, 0.2) is 0 Å². The van der Waals surface area contributed by atoms with E-state index in [0.29, 0.717) is 6.04 Å². The number of halogens is 1. The van der Waals surface area contributed by atoms with Crippen LogP contribution in [0.5, 0.6) is 0 Å². The summed E-state index contributed by atoms with van der Waals surface area (Å²) in [5, 5.41) is 3.43. The normalized spacial score (nSPS) is 16.8. The molecule has 3 heteroatoms. The summed E-state index contributed by atoms with van der Waals surface area (Å²) < 4.78 is 1.10. The zero-order chi connectivity index (χ0) is 9.26. The molecule has 0 spiro atoms. The van der Waals surface area contributed by atoms with E-state index in [1.54, 1.807) is 0 Å². The van der Waals surface area contributed by atoms with Gasteiger partial charge in [0, 0.05) is 12.2 Å². The quantitative estimate of drug-likeness (QED) is 0.860. The van der Waals surface area contributed by atoms with Crippen molar-refractivity contribution in [3.8, 4) is 0 Å². The van der Waals surface area contributed by atoms with Crippen molar-refractivity contribution in [1.82, 2.24) is 4.98 Å². The molecule has 1 aromatic rings. The smallest absolute Gasteiger partial charge is 0.140 e. The van der Waals surface area contributed by atoms with Crippen molar-refractivity contribution in [2.24, 2.45) is 0 Å². The Labute approximate surface area is 86.9 Å². The predicted octanol–water partition coefficient (Wildman–Crippen LogP) is 3.12. The Morgan fingerprint density at radius 3 is 2.92 bits per heavy atom. The molecule has 1 N–H and O–H groups in total. The van der Waals surface area contributed by atoms with Crippen molar-refractivity contribution in [2.45, 2.75) is 32.2 Å². The highest BCUT2D eigenvalue weighted by Gasteiger charge is 2.18. The molecule has 0 saturated heterocycles. The predicted molar refractivity (Wildman–Crippen MR) is 57.9 cm³/mol. The first-order valence-corrected chi connectivity index (χ1v) is 5.44. The average molecular weight is 241 g/mol. The molecular formula is C10H13BrN2. The molecule has 1 aromatic heterocycles. The Morgan fingerprint density at radius 2 is 2.31 bits per heavy atom. The molecule has 1 fully saturated rings. The van der Waals surface area contributed by atoms with E-state index >= 15 is 0 Å².